The molecular weight excluding hydrogens is 244 g/mol. The van der Waals surface area contributed by atoms with Crippen molar-refractivity contribution in [1.29, 1.82) is 0 Å². The van der Waals surface area contributed by atoms with Gasteiger partial charge in [0.25, 0.3) is 0 Å². The molecule has 1 aromatic rings. The van der Waals surface area contributed by atoms with E-state index in [9.17, 15) is 9.90 Å². The molecule has 0 saturated carbocycles. The predicted octanol–water partition coefficient (Wildman–Crippen LogP) is 0.947. The SMILES string of the molecule is CN1CCN(c2ccc(C(O)CC(=O)O)cc2)CC1. The summed E-state index contributed by atoms with van der Waals surface area (Å²) in [5.41, 5.74) is 1.78. The number of hydrogen-bond acceptors (Lipinski definition) is 4. The molecule has 5 nitrogen and oxygen atoms in total. The summed E-state index contributed by atoms with van der Waals surface area (Å²) in [7, 11) is 2.11. The van der Waals surface area contributed by atoms with Crippen LogP contribution in [0.15, 0.2) is 24.3 Å². The second kappa shape index (κ2) is 6.04. The van der Waals surface area contributed by atoms with Crippen LogP contribution in [-0.2, 0) is 4.79 Å². The van der Waals surface area contributed by atoms with E-state index in [1.807, 2.05) is 12.1 Å². The third kappa shape index (κ3) is 3.68. The molecule has 0 radical (unpaired) electrons. The summed E-state index contributed by atoms with van der Waals surface area (Å²) in [6, 6.07) is 7.51. The summed E-state index contributed by atoms with van der Waals surface area (Å²) in [5, 5.41) is 18.4. The molecule has 1 aliphatic rings. The van der Waals surface area contributed by atoms with E-state index >= 15 is 0 Å². The molecule has 1 atom stereocenters. The van der Waals surface area contributed by atoms with Gasteiger partial charge in [-0.1, -0.05) is 12.1 Å². The summed E-state index contributed by atoms with van der Waals surface area (Å²) >= 11 is 0. The number of rotatable bonds is 4. The number of aliphatic carboxylic acids is 1. The lowest BCUT2D eigenvalue weighted by Gasteiger charge is -2.34. The van der Waals surface area contributed by atoms with E-state index in [2.05, 4.69) is 16.8 Å². The standard InChI is InChI=1S/C14H20N2O3/c1-15-6-8-16(9-7-15)12-4-2-11(3-5-12)13(17)10-14(18)19/h2-5,13,17H,6-10H2,1H3,(H,18,19). The van der Waals surface area contributed by atoms with Crippen LogP contribution in [0.25, 0.3) is 0 Å². The van der Waals surface area contributed by atoms with Crippen molar-refractivity contribution in [2.24, 2.45) is 0 Å². The first-order valence-electron chi connectivity index (χ1n) is 6.49. The van der Waals surface area contributed by atoms with Gasteiger partial charge >= 0.3 is 5.97 Å². The molecule has 1 heterocycles. The van der Waals surface area contributed by atoms with E-state index in [1.54, 1.807) is 12.1 Å². The number of benzene rings is 1. The molecule has 19 heavy (non-hydrogen) atoms. The lowest BCUT2D eigenvalue weighted by Crippen LogP contribution is -2.44. The number of carboxylic acids is 1. The Kier molecular flexibility index (Phi) is 4.39. The lowest BCUT2D eigenvalue weighted by atomic mass is 10.1. The van der Waals surface area contributed by atoms with Crippen molar-refractivity contribution in [1.82, 2.24) is 4.90 Å². The fraction of sp³-hybridized carbons (Fsp3) is 0.500. The Balaban J connectivity index is 2.00. The molecule has 0 aliphatic carbocycles. The highest BCUT2D eigenvalue weighted by atomic mass is 16.4. The first-order chi connectivity index (χ1) is 9.06. The summed E-state index contributed by atoms with van der Waals surface area (Å²) in [4.78, 5) is 15.1. The number of hydrogen-bond donors (Lipinski definition) is 2. The Hall–Kier alpha value is -1.59. The van der Waals surface area contributed by atoms with E-state index in [1.165, 1.54) is 0 Å². The van der Waals surface area contributed by atoms with Gasteiger partial charge in [0.05, 0.1) is 12.5 Å². The number of aliphatic hydroxyl groups is 1. The van der Waals surface area contributed by atoms with Crippen LogP contribution in [0.3, 0.4) is 0 Å². The number of likely N-dealkylation sites (N-methyl/N-ethyl adjacent to an activating group) is 1. The third-order valence-corrected chi connectivity index (χ3v) is 3.51. The largest absolute Gasteiger partial charge is 0.481 e. The molecule has 1 saturated heterocycles. The molecule has 0 aromatic heterocycles. The van der Waals surface area contributed by atoms with E-state index in [0.29, 0.717) is 5.56 Å². The molecule has 104 valence electrons. The van der Waals surface area contributed by atoms with Gasteiger partial charge in [-0.25, -0.2) is 0 Å². The molecule has 0 bridgehead atoms. The molecule has 0 amide bonds. The molecule has 1 aliphatic heterocycles. The Bertz CT molecular complexity index is 425. The van der Waals surface area contributed by atoms with Crippen molar-refractivity contribution in [3.05, 3.63) is 29.8 Å². The fourth-order valence-corrected chi connectivity index (χ4v) is 2.26. The molecule has 2 N–H and O–H groups in total. The minimum absolute atomic E-state index is 0.256. The topological polar surface area (TPSA) is 64.0 Å². The summed E-state index contributed by atoms with van der Waals surface area (Å²) in [6.07, 6.45) is -1.19. The van der Waals surface area contributed by atoms with Gasteiger partial charge in [-0.3, -0.25) is 4.79 Å². The van der Waals surface area contributed by atoms with Gasteiger partial charge in [-0.2, -0.15) is 0 Å². The average molecular weight is 264 g/mol. The summed E-state index contributed by atoms with van der Waals surface area (Å²) in [6.45, 7) is 4.08. The van der Waals surface area contributed by atoms with Gasteiger partial charge in [0, 0.05) is 31.9 Å². The van der Waals surface area contributed by atoms with Crippen molar-refractivity contribution in [2.45, 2.75) is 12.5 Å². The monoisotopic (exact) mass is 264 g/mol. The number of aliphatic hydroxyl groups excluding tert-OH is 1. The first-order valence-corrected chi connectivity index (χ1v) is 6.49. The van der Waals surface area contributed by atoms with Gasteiger partial charge in [0.15, 0.2) is 0 Å². The van der Waals surface area contributed by atoms with Crippen molar-refractivity contribution in [3.63, 3.8) is 0 Å². The quantitative estimate of drug-likeness (QED) is 0.847. The molecule has 1 aromatic carbocycles. The van der Waals surface area contributed by atoms with Crippen LogP contribution in [0.2, 0.25) is 0 Å². The number of carboxylic acid groups (broad SMARTS) is 1. The first kappa shape index (κ1) is 13.8. The lowest BCUT2D eigenvalue weighted by molar-refractivity contribution is -0.139. The van der Waals surface area contributed by atoms with Crippen LogP contribution < -0.4 is 4.90 Å². The van der Waals surface area contributed by atoms with Crippen molar-refractivity contribution in [2.75, 3.05) is 38.1 Å². The highest BCUT2D eigenvalue weighted by molar-refractivity contribution is 5.67. The van der Waals surface area contributed by atoms with Crippen molar-refractivity contribution >= 4 is 11.7 Å². The van der Waals surface area contributed by atoms with E-state index in [4.69, 9.17) is 5.11 Å². The molecule has 2 rings (SSSR count). The zero-order valence-corrected chi connectivity index (χ0v) is 11.1. The maximum absolute atomic E-state index is 10.6. The zero-order chi connectivity index (χ0) is 13.8. The molecule has 0 spiro atoms. The van der Waals surface area contributed by atoms with Crippen molar-refractivity contribution < 1.29 is 15.0 Å². The number of anilines is 1. The zero-order valence-electron chi connectivity index (χ0n) is 11.1. The average Bonchev–Trinajstić information content (AvgIpc) is 2.39. The van der Waals surface area contributed by atoms with Gasteiger partial charge < -0.3 is 20.0 Å². The smallest absolute Gasteiger partial charge is 0.306 e. The number of carbonyl (C=O) groups is 1. The number of nitrogens with zero attached hydrogens (tertiary/aromatic N) is 2. The second-order valence-corrected chi connectivity index (χ2v) is 5.00. The van der Waals surface area contributed by atoms with Crippen LogP contribution in [0.1, 0.15) is 18.1 Å². The van der Waals surface area contributed by atoms with Crippen LogP contribution in [0, 0.1) is 0 Å². The maximum atomic E-state index is 10.6. The van der Waals surface area contributed by atoms with E-state index in [-0.39, 0.29) is 6.42 Å². The Morgan fingerprint density at radius 2 is 1.79 bits per heavy atom. The maximum Gasteiger partial charge on any atom is 0.306 e. The highest BCUT2D eigenvalue weighted by Crippen LogP contribution is 2.22. The Morgan fingerprint density at radius 1 is 1.21 bits per heavy atom. The Morgan fingerprint density at radius 3 is 2.32 bits per heavy atom. The van der Waals surface area contributed by atoms with Crippen LogP contribution in [0.5, 0.6) is 0 Å². The van der Waals surface area contributed by atoms with Gasteiger partial charge in [0.2, 0.25) is 0 Å². The van der Waals surface area contributed by atoms with Crippen LogP contribution >= 0.6 is 0 Å². The predicted molar refractivity (Wildman–Crippen MR) is 73.4 cm³/mol. The molecule has 1 unspecified atom stereocenters. The molecular formula is C14H20N2O3. The van der Waals surface area contributed by atoms with Crippen molar-refractivity contribution in [3.8, 4) is 0 Å². The van der Waals surface area contributed by atoms with Gasteiger partial charge in [-0.05, 0) is 24.7 Å². The highest BCUT2D eigenvalue weighted by Gasteiger charge is 2.15. The fourth-order valence-electron chi connectivity index (χ4n) is 2.26. The van der Waals surface area contributed by atoms with Gasteiger partial charge in [-0.15, -0.1) is 0 Å². The second-order valence-electron chi connectivity index (χ2n) is 5.00. The summed E-state index contributed by atoms with van der Waals surface area (Å²) in [5.74, 6) is -0.990. The number of piperazine rings is 1. The minimum Gasteiger partial charge on any atom is -0.481 e. The minimum atomic E-state index is -0.990. The summed E-state index contributed by atoms with van der Waals surface area (Å²) < 4.78 is 0. The van der Waals surface area contributed by atoms with E-state index < -0.39 is 12.1 Å². The molecule has 5 heteroatoms. The van der Waals surface area contributed by atoms with Crippen LogP contribution in [-0.4, -0.2) is 54.3 Å². The van der Waals surface area contributed by atoms with Crippen LogP contribution in [0.4, 0.5) is 5.69 Å². The third-order valence-electron chi connectivity index (χ3n) is 3.51. The van der Waals surface area contributed by atoms with Gasteiger partial charge in [0.1, 0.15) is 0 Å². The van der Waals surface area contributed by atoms with E-state index in [0.717, 1.165) is 31.9 Å². The molecule has 1 fully saturated rings. The normalized spacial score (nSPS) is 18.3. The Labute approximate surface area is 113 Å².